The molecule has 66 heavy (non-hydrogen) atoms. The first-order chi connectivity index (χ1) is 32.7. The Hall–Kier alpha value is -2.43. The lowest BCUT2D eigenvalue weighted by Crippen LogP contribution is -2.45. The van der Waals surface area contributed by atoms with Gasteiger partial charge in [0.15, 0.2) is 0 Å². The first-order valence-electron chi connectivity index (χ1n) is 28.8. The Morgan fingerprint density at radius 3 is 1.06 bits per heavy atom. The molecule has 3 N–H and O–H groups in total. The highest BCUT2D eigenvalue weighted by Crippen LogP contribution is 2.17. The van der Waals surface area contributed by atoms with Crippen LogP contribution in [-0.2, 0) is 4.79 Å². The average molecular weight is 919 g/mol. The summed E-state index contributed by atoms with van der Waals surface area (Å²) in [6.45, 7) is 4.18. The van der Waals surface area contributed by atoms with Crippen molar-refractivity contribution in [2.45, 2.75) is 296 Å². The van der Waals surface area contributed by atoms with Crippen LogP contribution in [0.15, 0.2) is 85.1 Å². The summed E-state index contributed by atoms with van der Waals surface area (Å²) in [7, 11) is 0. The van der Waals surface area contributed by atoms with Crippen molar-refractivity contribution >= 4 is 5.91 Å². The number of amides is 1. The van der Waals surface area contributed by atoms with E-state index in [4.69, 9.17) is 0 Å². The highest BCUT2D eigenvalue weighted by molar-refractivity contribution is 5.76. The van der Waals surface area contributed by atoms with Crippen molar-refractivity contribution in [1.82, 2.24) is 5.32 Å². The maximum absolute atomic E-state index is 12.5. The summed E-state index contributed by atoms with van der Waals surface area (Å²) in [5.74, 6) is -0.0758. The van der Waals surface area contributed by atoms with Crippen molar-refractivity contribution < 1.29 is 15.0 Å². The summed E-state index contributed by atoms with van der Waals surface area (Å²) in [5.41, 5.74) is 0. The minimum Gasteiger partial charge on any atom is -0.394 e. The van der Waals surface area contributed by atoms with E-state index in [1.807, 2.05) is 6.08 Å². The minimum atomic E-state index is -0.872. The second kappa shape index (κ2) is 56.9. The summed E-state index contributed by atoms with van der Waals surface area (Å²) in [6.07, 6.45) is 83.3. The Labute approximate surface area is 411 Å². The van der Waals surface area contributed by atoms with Crippen LogP contribution in [0.25, 0.3) is 0 Å². The molecule has 0 spiro atoms. The van der Waals surface area contributed by atoms with E-state index in [1.54, 1.807) is 6.08 Å². The number of aliphatic hydroxyl groups is 2. The molecule has 4 heteroatoms. The quantitative estimate of drug-likeness (QED) is 0.0421. The highest BCUT2D eigenvalue weighted by Gasteiger charge is 2.18. The third-order valence-electron chi connectivity index (χ3n) is 12.8. The Morgan fingerprint density at radius 1 is 0.379 bits per heavy atom. The smallest absolute Gasteiger partial charge is 0.220 e. The van der Waals surface area contributed by atoms with Crippen LogP contribution < -0.4 is 5.32 Å². The lowest BCUT2D eigenvalue weighted by atomic mass is 10.0. The van der Waals surface area contributed by atoms with Gasteiger partial charge in [0.1, 0.15) is 0 Å². The Bertz CT molecular complexity index is 1180. The first-order valence-corrected chi connectivity index (χ1v) is 28.8. The third-order valence-corrected chi connectivity index (χ3v) is 12.8. The zero-order valence-electron chi connectivity index (χ0n) is 43.9. The lowest BCUT2D eigenvalue weighted by molar-refractivity contribution is -0.123. The van der Waals surface area contributed by atoms with Gasteiger partial charge in [0, 0.05) is 6.42 Å². The molecule has 0 rings (SSSR count). The molecule has 0 bridgehead atoms. The number of unbranched alkanes of at least 4 members (excludes halogenated alkanes) is 33. The van der Waals surface area contributed by atoms with E-state index in [-0.39, 0.29) is 12.5 Å². The number of hydrogen-bond acceptors (Lipinski definition) is 3. The topological polar surface area (TPSA) is 69.6 Å². The number of carbonyl (C=O) groups excluding carboxylic acids is 1. The van der Waals surface area contributed by atoms with Gasteiger partial charge in [-0.2, -0.15) is 0 Å². The number of hydrogen-bond donors (Lipinski definition) is 3. The zero-order chi connectivity index (χ0) is 47.7. The second-order valence-corrected chi connectivity index (χ2v) is 19.3. The zero-order valence-corrected chi connectivity index (χ0v) is 43.9. The van der Waals surface area contributed by atoms with E-state index in [9.17, 15) is 15.0 Å². The van der Waals surface area contributed by atoms with E-state index >= 15 is 0 Å². The SMILES string of the molecule is CC/C=C\C/C=C\C/C=C\C/C=C\CCCCCCCCCCCCCCCCCCCCCCCCCCC(=O)NC(CO)C(O)/C=C/CC/C=C/CC/C=C/CCCCCCCCC. The van der Waals surface area contributed by atoms with E-state index in [2.05, 4.69) is 92.1 Å². The summed E-state index contributed by atoms with van der Waals surface area (Å²) >= 11 is 0. The van der Waals surface area contributed by atoms with Gasteiger partial charge >= 0.3 is 0 Å². The number of allylic oxidation sites excluding steroid dienone is 13. The van der Waals surface area contributed by atoms with Gasteiger partial charge in [0.25, 0.3) is 0 Å². The van der Waals surface area contributed by atoms with Gasteiger partial charge in [0.2, 0.25) is 5.91 Å². The maximum atomic E-state index is 12.5. The summed E-state index contributed by atoms with van der Waals surface area (Å²) in [4.78, 5) is 12.5. The Kier molecular flexibility index (Phi) is 54.8. The Morgan fingerprint density at radius 2 is 0.682 bits per heavy atom. The monoisotopic (exact) mass is 918 g/mol. The van der Waals surface area contributed by atoms with Crippen LogP contribution in [-0.4, -0.2) is 34.9 Å². The molecule has 1 amide bonds. The van der Waals surface area contributed by atoms with Crippen molar-refractivity contribution in [3.05, 3.63) is 85.1 Å². The molecule has 0 fully saturated rings. The fraction of sp³-hybridized carbons (Fsp3) is 0.758. The van der Waals surface area contributed by atoms with Gasteiger partial charge in [-0.1, -0.05) is 279 Å². The molecule has 0 aliphatic carbocycles. The molecular weight excluding hydrogens is 807 g/mol. The molecule has 2 unspecified atom stereocenters. The van der Waals surface area contributed by atoms with Crippen molar-refractivity contribution in [3.8, 4) is 0 Å². The van der Waals surface area contributed by atoms with Gasteiger partial charge in [-0.15, -0.1) is 0 Å². The molecule has 4 nitrogen and oxygen atoms in total. The summed E-state index contributed by atoms with van der Waals surface area (Å²) in [5, 5.41) is 23.1. The van der Waals surface area contributed by atoms with Gasteiger partial charge in [0.05, 0.1) is 18.8 Å². The average Bonchev–Trinajstić information content (AvgIpc) is 3.32. The number of aliphatic hydroxyl groups excluding tert-OH is 2. The molecule has 0 aromatic carbocycles. The fourth-order valence-electron chi connectivity index (χ4n) is 8.50. The molecule has 382 valence electrons. The predicted molar refractivity (Wildman–Crippen MR) is 294 cm³/mol. The molecule has 0 aliphatic heterocycles. The van der Waals surface area contributed by atoms with Crippen LogP contribution >= 0.6 is 0 Å². The molecule has 2 atom stereocenters. The Balaban J connectivity index is 3.47. The van der Waals surface area contributed by atoms with E-state index < -0.39 is 12.1 Å². The van der Waals surface area contributed by atoms with Crippen LogP contribution in [0, 0.1) is 0 Å². The standard InChI is InChI=1S/C62H111NO3/c1-3-5-7-9-11-13-15-17-19-21-22-23-24-25-26-27-28-29-30-31-32-33-34-35-36-37-38-39-40-42-44-46-48-50-52-54-56-58-62(66)63-60(59-64)61(65)57-55-53-51-49-47-45-43-41-20-18-16-14-12-10-8-6-4-2/h5,7,11,13,17,19-20,22-23,41,47,49,55,57,60-61,64-65H,3-4,6,8-10,12,14-16,18,21,24-40,42-46,48,50-54,56,58-59H2,1-2H3,(H,63,66)/b7-5-,13-11-,19-17-,23-22-,41-20+,49-47+,57-55+. The normalized spacial score (nSPS) is 13.5. The van der Waals surface area contributed by atoms with Crippen LogP contribution in [0.2, 0.25) is 0 Å². The van der Waals surface area contributed by atoms with Crippen LogP contribution in [0.5, 0.6) is 0 Å². The van der Waals surface area contributed by atoms with Crippen molar-refractivity contribution in [2.24, 2.45) is 0 Å². The molecular formula is C62H111NO3. The molecule has 0 radical (unpaired) electrons. The molecule has 0 aromatic rings. The van der Waals surface area contributed by atoms with Gasteiger partial charge < -0.3 is 15.5 Å². The lowest BCUT2D eigenvalue weighted by Gasteiger charge is -2.19. The number of rotatable bonds is 52. The second-order valence-electron chi connectivity index (χ2n) is 19.3. The van der Waals surface area contributed by atoms with Crippen LogP contribution in [0.4, 0.5) is 0 Å². The largest absolute Gasteiger partial charge is 0.394 e. The van der Waals surface area contributed by atoms with E-state index in [0.717, 1.165) is 64.2 Å². The maximum Gasteiger partial charge on any atom is 0.220 e. The van der Waals surface area contributed by atoms with E-state index in [1.165, 1.54) is 199 Å². The number of nitrogens with one attached hydrogen (secondary N) is 1. The molecule has 0 saturated heterocycles. The molecule has 0 aliphatic rings. The summed E-state index contributed by atoms with van der Waals surface area (Å²) < 4.78 is 0. The van der Waals surface area contributed by atoms with Gasteiger partial charge in [-0.25, -0.2) is 0 Å². The van der Waals surface area contributed by atoms with Crippen molar-refractivity contribution in [1.29, 1.82) is 0 Å². The summed E-state index contributed by atoms with van der Waals surface area (Å²) in [6, 6.07) is -0.647. The molecule has 0 heterocycles. The number of carbonyl (C=O) groups is 1. The highest BCUT2D eigenvalue weighted by atomic mass is 16.3. The van der Waals surface area contributed by atoms with Crippen LogP contribution in [0.3, 0.4) is 0 Å². The van der Waals surface area contributed by atoms with Crippen LogP contribution in [0.1, 0.15) is 284 Å². The fourth-order valence-corrected chi connectivity index (χ4v) is 8.50. The third kappa shape index (κ3) is 52.5. The predicted octanol–water partition coefficient (Wildman–Crippen LogP) is 19.1. The van der Waals surface area contributed by atoms with Crippen molar-refractivity contribution in [2.75, 3.05) is 6.61 Å². The van der Waals surface area contributed by atoms with Gasteiger partial charge in [-0.05, 0) is 83.5 Å². The molecule has 0 aromatic heterocycles. The van der Waals surface area contributed by atoms with Gasteiger partial charge in [-0.3, -0.25) is 4.79 Å². The first kappa shape index (κ1) is 63.6. The van der Waals surface area contributed by atoms with Crippen molar-refractivity contribution in [3.63, 3.8) is 0 Å². The molecule has 0 saturated carbocycles. The van der Waals surface area contributed by atoms with E-state index in [0.29, 0.717) is 6.42 Å². The minimum absolute atomic E-state index is 0.0758.